The van der Waals surface area contributed by atoms with Crippen molar-refractivity contribution < 1.29 is 24.0 Å². The molecule has 2 aromatic rings. The number of para-hydroxylation sites is 3. The summed E-state index contributed by atoms with van der Waals surface area (Å²) in [7, 11) is 0. The summed E-state index contributed by atoms with van der Waals surface area (Å²) in [6.45, 7) is 2.61. The van der Waals surface area contributed by atoms with Gasteiger partial charge in [0.15, 0.2) is 6.61 Å². The molecule has 0 radical (unpaired) electrons. The quantitative estimate of drug-likeness (QED) is 0.481. The van der Waals surface area contributed by atoms with E-state index in [-0.39, 0.29) is 23.6 Å². The van der Waals surface area contributed by atoms with Crippen molar-refractivity contribution in [1.82, 2.24) is 0 Å². The number of anilines is 2. The molecule has 0 saturated heterocycles. The zero-order chi connectivity index (χ0) is 21.1. The number of nitrogens with zero attached hydrogens (tertiary/aromatic N) is 2. The van der Waals surface area contributed by atoms with Crippen molar-refractivity contribution in [3.8, 4) is 0 Å². The number of nitro benzene ring substituents is 1. The molecule has 1 aliphatic rings. The Morgan fingerprint density at radius 1 is 1.24 bits per heavy atom. The number of esters is 1. The van der Waals surface area contributed by atoms with Gasteiger partial charge in [-0.2, -0.15) is 0 Å². The van der Waals surface area contributed by atoms with Crippen molar-refractivity contribution in [3.63, 3.8) is 0 Å². The molecule has 0 spiro atoms. The lowest BCUT2D eigenvalue weighted by molar-refractivity contribution is -0.385. The number of rotatable bonds is 4. The average Bonchev–Trinajstić information content (AvgIpc) is 2.79. The first-order chi connectivity index (χ1) is 13.8. The molecule has 1 N–H and O–H groups in total. The Morgan fingerprint density at radius 2 is 1.97 bits per heavy atom. The molecular formula is C20H19N3O6. The maximum atomic E-state index is 12.8. The summed E-state index contributed by atoms with van der Waals surface area (Å²) in [6, 6.07) is 10.7. The number of carbonyl (C=O) groups excluding carboxylic acids is 3. The van der Waals surface area contributed by atoms with Crippen molar-refractivity contribution >= 4 is 34.8 Å². The minimum atomic E-state index is -0.960. The molecule has 9 heteroatoms. The highest BCUT2D eigenvalue weighted by Crippen LogP contribution is 2.31. The summed E-state index contributed by atoms with van der Waals surface area (Å²) in [5.74, 6) is -1.73. The van der Waals surface area contributed by atoms with Gasteiger partial charge < -0.3 is 15.0 Å². The van der Waals surface area contributed by atoms with Crippen molar-refractivity contribution in [3.05, 3.63) is 63.7 Å². The van der Waals surface area contributed by atoms with E-state index in [4.69, 9.17) is 4.74 Å². The monoisotopic (exact) mass is 397 g/mol. The Labute approximate surface area is 166 Å². The zero-order valence-electron chi connectivity index (χ0n) is 15.9. The first-order valence-corrected chi connectivity index (χ1v) is 8.91. The smallest absolute Gasteiger partial charge is 0.345 e. The van der Waals surface area contributed by atoms with E-state index in [1.807, 2.05) is 0 Å². The summed E-state index contributed by atoms with van der Waals surface area (Å²) >= 11 is 0. The number of ether oxygens (including phenoxy) is 1. The molecule has 150 valence electrons. The molecule has 3 rings (SSSR count). The van der Waals surface area contributed by atoms with Gasteiger partial charge in [-0.1, -0.05) is 24.3 Å². The van der Waals surface area contributed by atoms with Crippen molar-refractivity contribution in [2.24, 2.45) is 0 Å². The summed E-state index contributed by atoms with van der Waals surface area (Å²) in [5, 5.41) is 14.0. The van der Waals surface area contributed by atoms with E-state index in [1.54, 1.807) is 31.2 Å². The SMILES string of the molecule is Cc1cccc(C(=O)OCC(=O)N2c3ccccc3NC(=O)C[C@H]2C)c1[N+](=O)[O-]. The first kappa shape index (κ1) is 20.0. The van der Waals surface area contributed by atoms with Crippen LogP contribution in [0.5, 0.6) is 0 Å². The minimum absolute atomic E-state index is 0.0811. The van der Waals surface area contributed by atoms with Gasteiger partial charge in [0, 0.05) is 18.0 Å². The van der Waals surface area contributed by atoms with Crippen LogP contribution in [0.4, 0.5) is 17.1 Å². The number of hydrogen-bond acceptors (Lipinski definition) is 6. The van der Waals surface area contributed by atoms with E-state index in [9.17, 15) is 24.5 Å². The molecule has 2 amide bonds. The fourth-order valence-electron chi connectivity index (χ4n) is 3.31. The fourth-order valence-corrected chi connectivity index (χ4v) is 3.31. The summed E-state index contributed by atoms with van der Waals surface area (Å²) in [4.78, 5) is 49.2. The molecule has 0 unspecified atom stereocenters. The molecular weight excluding hydrogens is 378 g/mol. The van der Waals surface area contributed by atoms with E-state index in [1.165, 1.54) is 30.0 Å². The molecule has 9 nitrogen and oxygen atoms in total. The summed E-state index contributed by atoms with van der Waals surface area (Å²) in [5.41, 5.74) is 0.719. The van der Waals surface area contributed by atoms with Gasteiger partial charge in [-0.25, -0.2) is 4.79 Å². The highest BCUT2D eigenvalue weighted by atomic mass is 16.6. The molecule has 1 atom stereocenters. The summed E-state index contributed by atoms with van der Waals surface area (Å²) in [6.07, 6.45) is 0.0811. The minimum Gasteiger partial charge on any atom is -0.452 e. The second-order valence-corrected chi connectivity index (χ2v) is 6.69. The number of fused-ring (bicyclic) bond motifs is 1. The van der Waals surface area contributed by atoms with Crippen LogP contribution < -0.4 is 10.2 Å². The topological polar surface area (TPSA) is 119 Å². The number of amides is 2. The maximum absolute atomic E-state index is 12.8. The largest absolute Gasteiger partial charge is 0.452 e. The maximum Gasteiger partial charge on any atom is 0.345 e. The van der Waals surface area contributed by atoms with Gasteiger partial charge in [-0.05, 0) is 32.0 Å². The Balaban J connectivity index is 1.81. The third-order valence-corrected chi connectivity index (χ3v) is 4.59. The zero-order valence-corrected chi connectivity index (χ0v) is 15.9. The van der Waals surface area contributed by atoms with Crippen molar-refractivity contribution in [2.45, 2.75) is 26.3 Å². The van der Waals surface area contributed by atoms with Gasteiger partial charge >= 0.3 is 5.97 Å². The van der Waals surface area contributed by atoms with E-state index >= 15 is 0 Å². The van der Waals surface area contributed by atoms with Gasteiger partial charge in [0.2, 0.25) is 5.91 Å². The van der Waals surface area contributed by atoms with Gasteiger partial charge in [-0.3, -0.25) is 19.7 Å². The highest BCUT2D eigenvalue weighted by molar-refractivity contribution is 6.05. The third kappa shape index (κ3) is 4.08. The van der Waals surface area contributed by atoms with Crippen LogP contribution in [0.3, 0.4) is 0 Å². The molecule has 1 heterocycles. The number of nitro groups is 1. The van der Waals surface area contributed by atoms with Crippen LogP contribution in [0.1, 0.15) is 29.3 Å². The molecule has 0 saturated carbocycles. The number of benzene rings is 2. The van der Waals surface area contributed by atoms with Crippen molar-refractivity contribution in [1.29, 1.82) is 0 Å². The lowest BCUT2D eigenvalue weighted by atomic mass is 10.1. The highest BCUT2D eigenvalue weighted by Gasteiger charge is 2.31. The Bertz CT molecular complexity index is 1000. The van der Waals surface area contributed by atoms with Crippen LogP contribution >= 0.6 is 0 Å². The Kier molecular flexibility index (Phi) is 5.58. The lowest BCUT2D eigenvalue weighted by Gasteiger charge is -2.27. The second kappa shape index (κ2) is 8.09. The molecule has 0 aromatic heterocycles. The van der Waals surface area contributed by atoms with Crippen LogP contribution in [0, 0.1) is 17.0 Å². The lowest BCUT2D eigenvalue weighted by Crippen LogP contribution is -2.41. The molecule has 29 heavy (non-hydrogen) atoms. The Hall–Kier alpha value is -3.75. The number of aryl methyl sites for hydroxylation is 1. The van der Waals surface area contributed by atoms with Gasteiger partial charge in [0.25, 0.3) is 11.6 Å². The van der Waals surface area contributed by atoms with Gasteiger partial charge in [-0.15, -0.1) is 0 Å². The second-order valence-electron chi connectivity index (χ2n) is 6.69. The normalized spacial score (nSPS) is 15.7. The predicted octanol–water partition coefficient (Wildman–Crippen LogP) is 2.82. The van der Waals surface area contributed by atoms with E-state index in [2.05, 4.69) is 5.32 Å². The third-order valence-electron chi connectivity index (χ3n) is 4.59. The number of nitrogens with one attached hydrogen (secondary N) is 1. The van der Waals surface area contributed by atoms with E-state index in [0.29, 0.717) is 16.9 Å². The van der Waals surface area contributed by atoms with Gasteiger partial charge in [0.05, 0.1) is 16.3 Å². The molecule has 0 aliphatic carbocycles. The van der Waals surface area contributed by atoms with Crippen molar-refractivity contribution in [2.75, 3.05) is 16.8 Å². The van der Waals surface area contributed by atoms with Gasteiger partial charge in [0.1, 0.15) is 5.56 Å². The average molecular weight is 397 g/mol. The van der Waals surface area contributed by atoms with Crippen LogP contribution in [0.15, 0.2) is 42.5 Å². The van der Waals surface area contributed by atoms with Crippen LogP contribution in [-0.4, -0.2) is 35.4 Å². The van der Waals surface area contributed by atoms with E-state index in [0.717, 1.165) is 0 Å². The molecule has 2 aromatic carbocycles. The van der Waals surface area contributed by atoms with Crippen LogP contribution in [0.2, 0.25) is 0 Å². The molecule has 1 aliphatic heterocycles. The molecule has 0 bridgehead atoms. The van der Waals surface area contributed by atoms with Crippen LogP contribution in [-0.2, 0) is 14.3 Å². The number of hydrogen-bond donors (Lipinski definition) is 1. The standard InChI is InChI=1S/C20H19N3O6/c1-12-6-5-7-14(19(12)23(27)28)20(26)29-11-18(25)22-13(2)10-17(24)21-15-8-3-4-9-16(15)22/h3-9,13H,10-11H2,1-2H3,(H,21,24)/t13-/m1/s1. The van der Waals surface area contributed by atoms with E-state index < -0.39 is 29.4 Å². The fraction of sp³-hybridized carbons (Fsp3) is 0.250. The summed E-state index contributed by atoms with van der Waals surface area (Å²) < 4.78 is 5.08. The first-order valence-electron chi connectivity index (χ1n) is 8.91. The number of carbonyl (C=O) groups is 3. The van der Waals surface area contributed by atoms with Crippen LogP contribution in [0.25, 0.3) is 0 Å². The predicted molar refractivity (Wildman–Crippen MR) is 105 cm³/mol. The Morgan fingerprint density at radius 3 is 2.69 bits per heavy atom. The molecule has 0 fully saturated rings.